The minimum Gasteiger partial charge on any atom is -0.315 e. The molecular formula is C11H23N. The molecule has 1 rings (SSSR count). The maximum absolute atomic E-state index is 3.44. The first-order valence-electron chi connectivity index (χ1n) is 5.22. The largest absolute Gasteiger partial charge is 0.315 e. The van der Waals surface area contributed by atoms with Gasteiger partial charge in [0, 0.05) is 5.54 Å². The molecule has 1 fully saturated rings. The van der Waals surface area contributed by atoms with Gasteiger partial charge >= 0.3 is 0 Å². The summed E-state index contributed by atoms with van der Waals surface area (Å²) in [5.74, 6) is 0. The summed E-state index contributed by atoms with van der Waals surface area (Å²) in [6, 6.07) is 0. The van der Waals surface area contributed by atoms with Crippen molar-refractivity contribution in [1.82, 2.24) is 5.32 Å². The van der Waals surface area contributed by atoms with Crippen LogP contribution in [0.25, 0.3) is 0 Å². The van der Waals surface area contributed by atoms with Crippen molar-refractivity contribution < 1.29 is 0 Å². The number of hydrogen-bond acceptors (Lipinski definition) is 1. The van der Waals surface area contributed by atoms with Gasteiger partial charge in [0.15, 0.2) is 0 Å². The van der Waals surface area contributed by atoms with E-state index >= 15 is 0 Å². The molecule has 0 heterocycles. The third-order valence-corrected chi connectivity index (χ3v) is 4.02. The van der Waals surface area contributed by atoms with Gasteiger partial charge in [-0.15, -0.1) is 0 Å². The van der Waals surface area contributed by atoms with Gasteiger partial charge in [-0.05, 0) is 45.1 Å². The van der Waals surface area contributed by atoms with E-state index in [9.17, 15) is 0 Å². The normalized spacial score (nSPS) is 43.0. The molecule has 0 amide bonds. The van der Waals surface area contributed by atoms with Crippen molar-refractivity contribution in [2.45, 2.75) is 58.4 Å². The van der Waals surface area contributed by atoms with Crippen LogP contribution in [-0.2, 0) is 0 Å². The summed E-state index contributed by atoms with van der Waals surface area (Å²) < 4.78 is 0. The van der Waals surface area contributed by atoms with Gasteiger partial charge in [-0.1, -0.05) is 20.3 Å². The lowest BCUT2D eigenvalue weighted by molar-refractivity contribution is 0.133. The fourth-order valence-electron chi connectivity index (χ4n) is 2.01. The van der Waals surface area contributed by atoms with E-state index in [2.05, 4.69) is 33.1 Å². The Bertz CT molecular complexity index is 125. The maximum atomic E-state index is 3.44. The predicted molar refractivity (Wildman–Crippen MR) is 54.3 cm³/mol. The zero-order valence-electron chi connectivity index (χ0n) is 9.04. The molecule has 1 aliphatic carbocycles. The van der Waals surface area contributed by atoms with E-state index in [-0.39, 0.29) is 0 Å². The van der Waals surface area contributed by atoms with E-state index in [1.165, 1.54) is 32.1 Å². The van der Waals surface area contributed by atoms with E-state index < -0.39 is 0 Å². The van der Waals surface area contributed by atoms with Crippen molar-refractivity contribution in [3.05, 3.63) is 0 Å². The first-order valence-corrected chi connectivity index (χ1v) is 5.22. The molecule has 0 radical (unpaired) electrons. The summed E-state index contributed by atoms with van der Waals surface area (Å²) in [7, 11) is 2.09. The fraction of sp³-hybridized carbons (Fsp3) is 1.00. The van der Waals surface area contributed by atoms with Crippen molar-refractivity contribution in [1.29, 1.82) is 0 Å². The van der Waals surface area contributed by atoms with Gasteiger partial charge in [0.25, 0.3) is 0 Å². The average Bonchev–Trinajstić information content (AvgIpc) is 2.11. The Hall–Kier alpha value is -0.0400. The molecule has 1 aliphatic rings. The van der Waals surface area contributed by atoms with Crippen LogP contribution in [0.3, 0.4) is 0 Å². The Labute approximate surface area is 76.9 Å². The van der Waals surface area contributed by atoms with Crippen LogP contribution in [0.15, 0.2) is 0 Å². The minimum atomic E-state index is 0.425. The van der Waals surface area contributed by atoms with Crippen molar-refractivity contribution in [3.63, 3.8) is 0 Å². The van der Waals surface area contributed by atoms with Crippen molar-refractivity contribution in [2.75, 3.05) is 7.05 Å². The molecule has 1 nitrogen and oxygen atoms in total. The number of hydrogen-bond donors (Lipinski definition) is 1. The summed E-state index contributed by atoms with van der Waals surface area (Å²) in [5.41, 5.74) is 1.06. The SMILES string of the molecule is CCC1(C)CCC(C)(NC)CC1. The zero-order valence-corrected chi connectivity index (χ0v) is 9.04. The molecule has 0 spiro atoms. The highest BCUT2D eigenvalue weighted by Crippen LogP contribution is 2.42. The minimum absolute atomic E-state index is 0.425. The quantitative estimate of drug-likeness (QED) is 0.670. The highest BCUT2D eigenvalue weighted by atomic mass is 14.9. The highest BCUT2D eigenvalue weighted by molar-refractivity contribution is 4.92. The molecule has 1 N–H and O–H groups in total. The fourth-order valence-corrected chi connectivity index (χ4v) is 2.01. The van der Waals surface area contributed by atoms with Crippen LogP contribution in [-0.4, -0.2) is 12.6 Å². The predicted octanol–water partition coefficient (Wildman–Crippen LogP) is 2.95. The second-order valence-corrected chi connectivity index (χ2v) is 4.97. The molecule has 0 aromatic carbocycles. The first kappa shape index (κ1) is 10.0. The molecule has 72 valence electrons. The van der Waals surface area contributed by atoms with Gasteiger partial charge in [-0.3, -0.25) is 0 Å². The van der Waals surface area contributed by atoms with Gasteiger partial charge in [0.1, 0.15) is 0 Å². The number of nitrogens with one attached hydrogen (secondary N) is 1. The van der Waals surface area contributed by atoms with Crippen LogP contribution < -0.4 is 5.32 Å². The molecule has 0 unspecified atom stereocenters. The topological polar surface area (TPSA) is 12.0 Å². The molecule has 1 saturated carbocycles. The summed E-state index contributed by atoms with van der Waals surface area (Å²) >= 11 is 0. The highest BCUT2D eigenvalue weighted by Gasteiger charge is 2.34. The van der Waals surface area contributed by atoms with Crippen LogP contribution in [0.2, 0.25) is 0 Å². The van der Waals surface area contributed by atoms with Gasteiger partial charge in [-0.25, -0.2) is 0 Å². The van der Waals surface area contributed by atoms with Crippen molar-refractivity contribution >= 4 is 0 Å². The third-order valence-electron chi connectivity index (χ3n) is 4.02. The molecular weight excluding hydrogens is 146 g/mol. The van der Waals surface area contributed by atoms with Crippen LogP contribution in [0, 0.1) is 5.41 Å². The van der Waals surface area contributed by atoms with E-state index in [0.29, 0.717) is 11.0 Å². The molecule has 0 atom stereocenters. The Morgan fingerprint density at radius 3 is 1.92 bits per heavy atom. The standard InChI is InChI=1S/C11H23N/c1-5-10(2)6-8-11(3,12-4)9-7-10/h12H,5-9H2,1-4H3. The first-order chi connectivity index (χ1) is 5.54. The lowest BCUT2D eigenvalue weighted by Crippen LogP contribution is -2.45. The smallest absolute Gasteiger partial charge is 0.0150 e. The summed E-state index contributed by atoms with van der Waals surface area (Å²) in [6.07, 6.45) is 6.80. The monoisotopic (exact) mass is 169 g/mol. The van der Waals surface area contributed by atoms with E-state index in [4.69, 9.17) is 0 Å². The molecule has 0 saturated heterocycles. The van der Waals surface area contributed by atoms with Crippen LogP contribution >= 0.6 is 0 Å². The zero-order chi connectivity index (χ0) is 9.24. The van der Waals surface area contributed by atoms with Crippen LogP contribution in [0.5, 0.6) is 0 Å². The molecule has 0 aromatic heterocycles. The van der Waals surface area contributed by atoms with E-state index in [0.717, 1.165) is 0 Å². The van der Waals surface area contributed by atoms with Gasteiger partial charge < -0.3 is 5.32 Å². The Kier molecular flexibility index (Phi) is 2.82. The lowest BCUT2D eigenvalue weighted by atomic mass is 9.68. The molecule has 0 aromatic rings. The summed E-state index contributed by atoms with van der Waals surface area (Å²) in [4.78, 5) is 0. The van der Waals surface area contributed by atoms with Crippen LogP contribution in [0.4, 0.5) is 0 Å². The van der Waals surface area contributed by atoms with E-state index in [1.54, 1.807) is 0 Å². The molecule has 12 heavy (non-hydrogen) atoms. The second-order valence-electron chi connectivity index (χ2n) is 4.97. The second kappa shape index (κ2) is 3.37. The molecule has 0 aliphatic heterocycles. The van der Waals surface area contributed by atoms with Crippen molar-refractivity contribution in [3.8, 4) is 0 Å². The maximum Gasteiger partial charge on any atom is 0.0150 e. The van der Waals surface area contributed by atoms with Crippen LogP contribution in [0.1, 0.15) is 52.9 Å². The van der Waals surface area contributed by atoms with Gasteiger partial charge in [0.2, 0.25) is 0 Å². The summed E-state index contributed by atoms with van der Waals surface area (Å²) in [5, 5.41) is 3.44. The number of rotatable bonds is 2. The molecule has 0 bridgehead atoms. The molecule has 1 heteroatoms. The Morgan fingerprint density at radius 1 is 1.08 bits per heavy atom. The van der Waals surface area contributed by atoms with Gasteiger partial charge in [-0.2, -0.15) is 0 Å². The van der Waals surface area contributed by atoms with Gasteiger partial charge in [0.05, 0.1) is 0 Å². The summed E-state index contributed by atoms with van der Waals surface area (Å²) in [6.45, 7) is 7.10. The van der Waals surface area contributed by atoms with Crippen molar-refractivity contribution in [2.24, 2.45) is 5.41 Å². The average molecular weight is 169 g/mol. The third kappa shape index (κ3) is 2.01. The Balaban J connectivity index is 2.49. The van der Waals surface area contributed by atoms with E-state index in [1.807, 2.05) is 0 Å². The Morgan fingerprint density at radius 2 is 1.58 bits per heavy atom. The lowest BCUT2D eigenvalue weighted by Gasteiger charge is -2.42.